The van der Waals surface area contributed by atoms with Crippen LogP contribution in [0.2, 0.25) is 0 Å². The van der Waals surface area contributed by atoms with Crippen LogP contribution in [-0.2, 0) is 16.7 Å². The molecular weight excluding hydrogens is 288 g/mol. The highest BCUT2D eigenvalue weighted by atomic mass is 16.6. The van der Waals surface area contributed by atoms with Gasteiger partial charge in [0.15, 0.2) is 0 Å². The molecule has 1 amide bonds. The minimum absolute atomic E-state index is 0.188. The number of amides is 1. The van der Waals surface area contributed by atoms with E-state index in [1.54, 1.807) is 4.90 Å². The number of nitrogens with two attached hydrogens (primary N) is 1. The molecule has 1 saturated carbocycles. The van der Waals surface area contributed by atoms with Crippen LogP contribution in [0.1, 0.15) is 64.0 Å². The third kappa shape index (κ3) is 3.37. The molecule has 0 bridgehead atoms. The van der Waals surface area contributed by atoms with Crippen LogP contribution in [0.25, 0.3) is 0 Å². The zero-order valence-electron chi connectivity index (χ0n) is 14.5. The van der Waals surface area contributed by atoms with Crippen molar-refractivity contribution in [3.8, 4) is 0 Å². The molecule has 0 radical (unpaired) electrons. The number of fused-ring (bicyclic) bond motifs is 1. The Hall–Kier alpha value is -1.55. The summed E-state index contributed by atoms with van der Waals surface area (Å²) in [4.78, 5) is 14.1. The summed E-state index contributed by atoms with van der Waals surface area (Å²) >= 11 is 0. The van der Waals surface area contributed by atoms with E-state index in [2.05, 4.69) is 12.1 Å². The zero-order chi connectivity index (χ0) is 16.7. The first kappa shape index (κ1) is 16.3. The lowest BCUT2D eigenvalue weighted by atomic mass is 9.77. The molecular formula is C19H28N2O2. The quantitative estimate of drug-likeness (QED) is 0.848. The number of hydrogen-bond acceptors (Lipinski definition) is 3. The third-order valence-electron chi connectivity index (χ3n) is 4.91. The summed E-state index contributed by atoms with van der Waals surface area (Å²) < 4.78 is 5.51. The van der Waals surface area contributed by atoms with E-state index in [1.807, 2.05) is 26.8 Å². The van der Waals surface area contributed by atoms with Crippen molar-refractivity contribution >= 4 is 11.8 Å². The Morgan fingerprint density at radius 1 is 1.22 bits per heavy atom. The first-order valence-corrected chi connectivity index (χ1v) is 8.71. The number of hydrogen-bond donors (Lipinski definition) is 1. The Morgan fingerprint density at radius 3 is 2.57 bits per heavy atom. The largest absolute Gasteiger partial charge is 0.443 e. The predicted molar refractivity (Wildman–Crippen MR) is 92.7 cm³/mol. The van der Waals surface area contributed by atoms with Crippen molar-refractivity contribution in [3.63, 3.8) is 0 Å². The maximum Gasteiger partial charge on any atom is 0.414 e. The van der Waals surface area contributed by atoms with Gasteiger partial charge in [-0.2, -0.15) is 0 Å². The minimum atomic E-state index is -0.469. The highest BCUT2D eigenvalue weighted by molar-refractivity contribution is 5.90. The van der Waals surface area contributed by atoms with Gasteiger partial charge in [0, 0.05) is 12.1 Å². The molecule has 3 rings (SSSR count). The molecule has 0 spiro atoms. The van der Waals surface area contributed by atoms with E-state index in [4.69, 9.17) is 10.5 Å². The van der Waals surface area contributed by atoms with Crippen molar-refractivity contribution in [2.24, 2.45) is 5.73 Å². The second kappa shape index (κ2) is 5.82. The van der Waals surface area contributed by atoms with Gasteiger partial charge in [-0.15, -0.1) is 0 Å². The molecule has 0 aromatic heterocycles. The van der Waals surface area contributed by atoms with E-state index in [0.29, 0.717) is 6.54 Å². The van der Waals surface area contributed by atoms with Gasteiger partial charge in [-0.05, 0) is 57.2 Å². The first-order chi connectivity index (χ1) is 10.8. The van der Waals surface area contributed by atoms with Crippen molar-refractivity contribution in [1.82, 2.24) is 0 Å². The summed E-state index contributed by atoms with van der Waals surface area (Å²) in [5.41, 5.74) is 9.40. The number of anilines is 1. The van der Waals surface area contributed by atoms with Crippen LogP contribution in [0.5, 0.6) is 0 Å². The molecule has 4 nitrogen and oxygen atoms in total. The molecule has 1 aromatic rings. The van der Waals surface area contributed by atoms with Gasteiger partial charge in [-0.25, -0.2) is 4.79 Å². The second-order valence-electron chi connectivity index (χ2n) is 7.94. The molecule has 126 valence electrons. The van der Waals surface area contributed by atoms with Gasteiger partial charge in [-0.3, -0.25) is 4.90 Å². The highest BCUT2D eigenvalue weighted by Crippen LogP contribution is 2.38. The molecule has 0 atom stereocenters. The first-order valence-electron chi connectivity index (χ1n) is 8.71. The number of carbonyl (C=O) groups excluding carboxylic acids is 1. The summed E-state index contributed by atoms with van der Waals surface area (Å²) in [5.74, 6) is 0. The molecule has 2 aliphatic rings. The van der Waals surface area contributed by atoms with Crippen molar-refractivity contribution in [1.29, 1.82) is 0 Å². The van der Waals surface area contributed by atoms with E-state index in [1.165, 1.54) is 30.4 Å². The van der Waals surface area contributed by atoms with Gasteiger partial charge in [0.2, 0.25) is 0 Å². The van der Waals surface area contributed by atoms with Gasteiger partial charge in [0.05, 0.1) is 5.69 Å². The van der Waals surface area contributed by atoms with Crippen molar-refractivity contribution in [2.45, 2.75) is 70.4 Å². The zero-order valence-corrected chi connectivity index (χ0v) is 14.5. The smallest absolute Gasteiger partial charge is 0.414 e. The van der Waals surface area contributed by atoms with E-state index in [9.17, 15) is 4.79 Å². The van der Waals surface area contributed by atoms with E-state index < -0.39 is 5.60 Å². The molecule has 23 heavy (non-hydrogen) atoms. The number of benzene rings is 1. The maximum atomic E-state index is 12.4. The summed E-state index contributed by atoms with van der Waals surface area (Å²) in [5, 5.41) is 0. The Labute approximate surface area is 139 Å². The maximum absolute atomic E-state index is 12.4. The normalized spacial score (nSPS) is 20.3. The Morgan fingerprint density at radius 2 is 1.91 bits per heavy atom. The van der Waals surface area contributed by atoms with Crippen LogP contribution in [0.3, 0.4) is 0 Å². The fourth-order valence-electron chi connectivity index (χ4n) is 3.69. The second-order valence-corrected chi connectivity index (χ2v) is 7.94. The van der Waals surface area contributed by atoms with Gasteiger partial charge in [0.25, 0.3) is 0 Å². The molecule has 1 fully saturated rings. The lowest BCUT2D eigenvalue weighted by molar-refractivity contribution is 0.0584. The standard InChI is InChI=1S/C19H28N2O2/c1-18(2,3)23-17(22)21-12-9-14-13-15(7-8-16(14)21)19(20)10-5-4-6-11-19/h7-8,13H,4-6,9-12,20H2,1-3H3. The minimum Gasteiger partial charge on any atom is -0.443 e. The van der Waals surface area contributed by atoms with Crippen LogP contribution < -0.4 is 10.6 Å². The SMILES string of the molecule is CC(C)(C)OC(=O)N1CCc2cc(C3(N)CCCCC3)ccc21. The summed E-state index contributed by atoms with van der Waals surface area (Å²) in [7, 11) is 0. The topological polar surface area (TPSA) is 55.6 Å². The molecule has 1 aromatic carbocycles. The van der Waals surface area contributed by atoms with Crippen molar-refractivity contribution in [2.75, 3.05) is 11.4 Å². The third-order valence-corrected chi connectivity index (χ3v) is 4.91. The Balaban J connectivity index is 1.81. The fraction of sp³-hybridized carbons (Fsp3) is 0.632. The number of carbonyl (C=O) groups is 1. The lowest BCUT2D eigenvalue weighted by Gasteiger charge is -2.34. The van der Waals surface area contributed by atoms with E-state index in [0.717, 1.165) is 24.9 Å². The predicted octanol–water partition coefficient (Wildman–Crippen LogP) is 4.10. The monoisotopic (exact) mass is 316 g/mol. The molecule has 1 aliphatic heterocycles. The van der Waals surface area contributed by atoms with E-state index >= 15 is 0 Å². The van der Waals surface area contributed by atoms with Gasteiger partial charge in [0.1, 0.15) is 5.60 Å². The number of rotatable bonds is 1. The molecule has 4 heteroatoms. The fourth-order valence-corrected chi connectivity index (χ4v) is 3.69. The van der Waals surface area contributed by atoms with E-state index in [-0.39, 0.29) is 11.6 Å². The summed E-state index contributed by atoms with van der Waals surface area (Å²) in [6, 6.07) is 6.36. The molecule has 2 N–H and O–H groups in total. The van der Waals surface area contributed by atoms with Crippen molar-refractivity contribution < 1.29 is 9.53 Å². The Kier molecular flexibility index (Phi) is 4.13. The molecule has 1 heterocycles. The van der Waals surface area contributed by atoms with Crippen LogP contribution in [0, 0.1) is 0 Å². The Bertz CT molecular complexity index is 598. The molecule has 0 unspecified atom stereocenters. The average molecular weight is 316 g/mol. The number of nitrogens with zero attached hydrogens (tertiary/aromatic N) is 1. The van der Waals surface area contributed by atoms with Crippen LogP contribution >= 0.6 is 0 Å². The van der Waals surface area contributed by atoms with Gasteiger partial charge < -0.3 is 10.5 Å². The lowest BCUT2D eigenvalue weighted by Crippen LogP contribution is -2.38. The average Bonchev–Trinajstić information content (AvgIpc) is 2.89. The van der Waals surface area contributed by atoms with Crippen LogP contribution in [0.4, 0.5) is 10.5 Å². The molecule has 1 aliphatic carbocycles. The van der Waals surface area contributed by atoms with Crippen LogP contribution in [-0.4, -0.2) is 18.2 Å². The van der Waals surface area contributed by atoms with Gasteiger partial charge >= 0.3 is 6.09 Å². The van der Waals surface area contributed by atoms with Crippen molar-refractivity contribution in [3.05, 3.63) is 29.3 Å². The molecule has 0 saturated heterocycles. The van der Waals surface area contributed by atoms with Crippen LogP contribution in [0.15, 0.2) is 18.2 Å². The summed E-state index contributed by atoms with van der Waals surface area (Å²) in [6.07, 6.45) is 6.43. The summed E-state index contributed by atoms with van der Waals surface area (Å²) in [6.45, 7) is 6.37. The number of ether oxygens (including phenoxy) is 1. The van der Waals surface area contributed by atoms with Gasteiger partial charge in [-0.1, -0.05) is 31.4 Å². The highest BCUT2D eigenvalue weighted by Gasteiger charge is 2.33.